The van der Waals surface area contributed by atoms with Crippen molar-refractivity contribution in [3.8, 4) is 0 Å². The molecule has 0 unspecified atom stereocenters. The van der Waals surface area contributed by atoms with Crippen molar-refractivity contribution in [2.24, 2.45) is 0 Å². The van der Waals surface area contributed by atoms with E-state index in [-0.39, 0.29) is 12.6 Å². The Morgan fingerprint density at radius 2 is 1.89 bits per heavy atom. The van der Waals surface area contributed by atoms with Crippen LogP contribution >= 0.6 is 11.6 Å². The van der Waals surface area contributed by atoms with E-state index in [0.29, 0.717) is 49.0 Å². The number of nitrogens with one attached hydrogen (secondary N) is 1. The van der Waals surface area contributed by atoms with Crippen molar-refractivity contribution in [2.45, 2.75) is 12.6 Å². The Morgan fingerprint density at radius 1 is 1.14 bits per heavy atom. The lowest BCUT2D eigenvalue weighted by Crippen LogP contribution is -2.52. The lowest BCUT2D eigenvalue weighted by atomic mass is 10.1. The van der Waals surface area contributed by atoms with Gasteiger partial charge in [-0.2, -0.15) is 13.2 Å². The van der Waals surface area contributed by atoms with Crippen LogP contribution in [0.1, 0.15) is 11.1 Å². The van der Waals surface area contributed by atoms with Gasteiger partial charge in [0, 0.05) is 38.9 Å². The first-order valence-corrected chi connectivity index (χ1v) is 9.27. The van der Waals surface area contributed by atoms with Gasteiger partial charge in [0.2, 0.25) is 0 Å². The standard InChI is InChI=1S/C19H20ClF3N4O/c20-16-5-2-7-24-17(16)26-9-11-27(12-10-26)18(28)25-8-6-14-3-1-4-15(13-14)19(21,22)23/h1-5,7,13H,6,8-12H2,(H,25,28). The van der Waals surface area contributed by atoms with Gasteiger partial charge in [-0.25, -0.2) is 9.78 Å². The number of amides is 2. The summed E-state index contributed by atoms with van der Waals surface area (Å²) in [5.74, 6) is 0.703. The number of aromatic nitrogens is 1. The summed E-state index contributed by atoms with van der Waals surface area (Å²) < 4.78 is 38.2. The van der Waals surface area contributed by atoms with Crippen molar-refractivity contribution in [3.05, 3.63) is 58.7 Å². The number of nitrogens with zero attached hydrogens (tertiary/aromatic N) is 3. The fraction of sp³-hybridized carbons (Fsp3) is 0.368. The zero-order chi connectivity index (χ0) is 20.1. The van der Waals surface area contributed by atoms with Gasteiger partial charge in [0.25, 0.3) is 0 Å². The third-order valence-electron chi connectivity index (χ3n) is 4.55. The predicted octanol–water partition coefficient (Wildman–Crippen LogP) is 3.83. The van der Waals surface area contributed by atoms with Crippen LogP contribution in [0.15, 0.2) is 42.6 Å². The maximum absolute atomic E-state index is 12.7. The fourth-order valence-electron chi connectivity index (χ4n) is 3.06. The number of hydrogen-bond donors (Lipinski definition) is 1. The monoisotopic (exact) mass is 412 g/mol. The second-order valence-electron chi connectivity index (χ2n) is 6.46. The summed E-state index contributed by atoms with van der Waals surface area (Å²) >= 11 is 6.16. The zero-order valence-electron chi connectivity index (χ0n) is 15.0. The summed E-state index contributed by atoms with van der Waals surface area (Å²) in [5, 5.41) is 3.34. The van der Waals surface area contributed by atoms with Gasteiger partial charge in [-0.05, 0) is 30.2 Å². The molecule has 1 aliphatic rings. The normalized spacial score (nSPS) is 14.9. The molecule has 0 radical (unpaired) electrons. The number of alkyl halides is 3. The summed E-state index contributed by atoms with van der Waals surface area (Å²) in [7, 11) is 0. The molecule has 9 heteroatoms. The topological polar surface area (TPSA) is 48.5 Å². The number of rotatable bonds is 4. The minimum Gasteiger partial charge on any atom is -0.352 e. The molecule has 1 aromatic carbocycles. The van der Waals surface area contributed by atoms with E-state index in [4.69, 9.17) is 11.6 Å². The highest BCUT2D eigenvalue weighted by molar-refractivity contribution is 6.32. The number of benzene rings is 1. The molecule has 150 valence electrons. The van der Waals surface area contributed by atoms with Gasteiger partial charge in [-0.1, -0.05) is 29.8 Å². The Morgan fingerprint density at radius 3 is 2.57 bits per heavy atom. The third-order valence-corrected chi connectivity index (χ3v) is 4.84. The first-order chi connectivity index (χ1) is 13.3. The number of pyridine rings is 1. The minimum atomic E-state index is -4.37. The molecule has 0 spiro atoms. The van der Waals surface area contributed by atoms with E-state index in [0.717, 1.165) is 12.1 Å². The van der Waals surface area contributed by atoms with Crippen LogP contribution in [0.25, 0.3) is 0 Å². The van der Waals surface area contributed by atoms with E-state index in [1.165, 1.54) is 6.07 Å². The average molecular weight is 413 g/mol. The highest BCUT2D eigenvalue weighted by Crippen LogP contribution is 2.29. The zero-order valence-corrected chi connectivity index (χ0v) is 15.8. The van der Waals surface area contributed by atoms with Crippen molar-refractivity contribution < 1.29 is 18.0 Å². The molecule has 2 aromatic rings. The van der Waals surface area contributed by atoms with Gasteiger partial charge in [-0.3, -0.25) is 0 Å². The number of piperazine rings is 1. The highest BCUT2D eigenvalue weighted by atomic mass is 35.5. The summed E-state index contributed by atoms with van der Waals surface area (Å²) in [6.07, 6.45) is -2.36. The van der Waals surface area contributed by atoms with Crippen molar-refractivity contribution >= 4 is 23.4 Å². The lowest BCUT2D eigenvalue weighted by Gasteiger charge is -2.35. The molecular formula is C19H20ClF3N4O. The van der Waals surface area contributed by atoms with E-state index in [1.807, 2.05) is 4.90 Å². The van der Waals surface area contributed by atoms with E-state index in [9.17, 15) is 18.0 Å². The van der Waals surface area contributed by atoms with Crippen molar-refractivity contribution in [1.82, 2.24) is 15.2 Å². The van der Waals surface area contributed by atoms with Gasteiger partial charge in [0.15, 0.2) is 0 Å². The van der Waals surface area contributed by atoms with Crippen LogP contribution in [0.5, 0.6) is 0 Å². The van der Waals surface area contributed by atoms with Crippen LogP contribution in [0.3, 0.4) is 0 Å². The predicted molar refractivity (Wildman–Crippen MR) is 102 cm³/mol. The van der Waals surface area contributed by atoms with Gasteiger partial charge in [-0.15, -0.1) is 0 Å². The van der Waals surface area contributed by atoms with Gasteiger partial charge >= 0.3 is 12.2 Å². The van der Waals surface area contributed by atoms with Gasteiger partial charge < -0.3 is 15.1 Å². The second kappa shape index (κ2) is 8.68. The Hall–Kier alpha value is -2.48. The molecule has 1 N–H and O–H groups in total. The summed E-state index contributed by atoms with van der Waals surface area (Å²) in [5.41, 5.74) is -0.148. The molecule has 5 nitrogen and oxygen atoms in total. The number of carbonyl (C=O) groups excluding carboxylic acids is 1. The summed E-state index contributed by atoms with van der Waals surface area (Å²) in [6, 6.07) is 8.46. The first kappa shape index (κ1) is 20.3. The fourth-order valence-corrected chi connectivity index (χ4v) is 3.30. The van der Waals surface area contributed by atoms with Crippen LogP contribution in [0, 0.1) is 0 Å². The Labute approximate surface area is 166 Å². The number of hydrogen-bond acceptors (Lipinski definition) is 3. The molecule has 0 atom stereocenters. The van der Waals surface area contributed by atoms with E-state index < -0.39 is 11.7 Å². The molecule has 0 bridgehead atoms. The Kier molecular flexibility index (Phi) is 6.28. The molecule has 3 rings (SSSR count). The smallest absolute Gasteiger partial charge is 0.352 e. The van der Waals surface area contributed by atoms with Crippen LogP contribution in [-0.2, 0) is 12.6 Å². The van der Waals surface area contributed by atoms with Crippen molar-refractivity contribution in [1.29, 1.82) is 0 Å². The molecule has 2 heterocycles. The van der Waals surface area contributed by atoms with E-state index in [1.54, 1.807) is 29.3 Å². The van der Waals surface area contributed by atoms with Gasteiger partial charge in [0.1, 0.15) is 5.82 Å². The largest absolute Gasteiger partial charge is 0.416 e. The molecule has 1 aliphatic heterocycles. The number of anilines is 1. The third kappa shape index (κ3) is 5.07. The Bertz CT molecular complexity index is 823. The number of halogens is 4. The molecule has 1 aromatic heterocycles. The molecular weight excluding hydrogens is 393 g/mol. The Balaban J connectivity index is 1.46. The van der Waals surface area contributed by atoms with Gasteiger partial charge in [0.05, 0.1) is 10.6 Å². The highest BCUT2D eigenvalue weighted by Gasteiger charge is 2.30. The van der Waals surface area contributed by atoms with Crippen molar-refractivity contribution in [3.63, 3.8) is 0 Å². The molecule has 1 fully saturated rings. The molecule has 0 aliphatic carbocycles. The molecule has 0 saturated carbocycles. The molecule has 28 heavy (non-hydrogen) atoms. The van der Waals surface area contributed by atoms with E-state index in [2.05, 4.69) is 10.3 Å². The second-order valence-corrected chi connectivity index (χ2v) is 6.87. The first-order valence-electron chi connectivity index (χ1n) is 8.89. The lowest BCUT2D eigenvalue weighted by molar-refractivity contribution is -0.137. The summed E-state index contributed by atoms with van der Waals surface area (Å²) in [4.78, 5) is 20.3. The summed E-state index contributed by atoms with van der Waals surface area (Å²) in [6.45, 7) is 2.52. The average Bonchev–Trinajstić information content (AvgIpc) is 2.68. The minimum absolute atomic E-state index is 0.223. The quantitative estimate of drug-likeness (QED) is 0.830. The van der Waals surface area contributed by atoms with Crippen molar-refractivity contribution in [2.75, 3.05) is 37.6 Å². The van der Waals surface area contributed by atoms with Crippen LogP contribution in [-0.4, -0.2) is 48.6 Å². The van der Waals surface area contributed by atoms with E-state index >= 15 is 0 Å². The maximum atomic E-state index is 12.7. The van der Waals surface area contributed by atoms with Crippen LogP contribution in [0.2, 0.25) is 5.02 Å². The molecule has 1 saturated heterocycles. The number of carbonyl (C=O) groups is 1. The molecule has 2 amide bonds. The maximum Gasteiger partial charge on any atom is 0.416 e. The SMILES string of the molecule is O=C(NCCc1cccc(C(F)(F)F)c1)N1CCN(c2ncccc2Cl)CC1. The number of urea groups is 1. The van der Waals surface area contributed by atoms with Crippen LogP contribution in [0.4, 0.5) is 23.8 Å². The van der Waals surface area contributed by atoms with Crippen LogP contribution < -0.4 is 10.2 Å².